The van der Waals surface area contributed by atoms with Crippen LogP contribution in [-0.2, 0) is 0 Å². The molecule has 0 aromatic carbocycles. The van der Waals surface area contributed by atoms with Gasteiger partial charge in [-0.15, -0.1) is 0 Å². The third-order valence-corrected chi connectivity index (χ3v) is 3.14. The average Bonchev–Trinajstić information content (AvgIpc) is 2.09. The Morgan fingerprint density at radius 1 is 1.22 bits per heavy atom. The highest BCUT2D eigenvalue weighted by molar-refractivity contribution is 7.37. The van der Waals surface area contributed by atoms with Crippen LogP contribution >= 0.6 is 8.58 Å². The molecule has 3 nitrogen and oxygen atoms in total. The molecule has 2 aliphatic heterocycles. The van der Waals surface area contributed by atoms with E-state index in [1.165, 1.54) is 19.2 Å². The Morgan fingerprint density at radius 3 is 2.78 bits per heavy atom. The lowest BCUT2D eigenvalue weighted by Crippen LogP contribution is -2.34. The Kier molecular flexibility index (Phi) is 1.46. The maximum atomic E-state index is 2.47. The monoisotopic (exact) mass is 145 g/mol. The molecule has 0 spiro atoms. The number of hydrogen-bond donors (Lipinski definition) is 0. The first-order chi connectivity index (χ1) is 4.36. The molecule has 3 unspecified atom stereocenters. The zero-order valence-electron chi connectivity index (χ0n) is 5.67. The lowest BCUT2D eigenvalue weighted by atomic mass is 10.8. The molecular formula is C5H12N3P. The SMILES string of the molecule is CN1CN2CPCN1C2. The van der Waals surface area contributed by atoms with Gasteiger partial charge < -0.3 is 0 Å². The van der Waals surface area contributed by atoms with Crippen LogP contribution in [0, 0.1) is 0 Å². The minimum absolute atomic E-state index is 1.12. The third-order valence-electron chi connectivity index (χ3n) is 1.88. The van der Waals surface area contributed by atoms with Gasteiger partial charge in [0.15, 0.2) is 0 Å². The highest BCUT2D eigenvalue weighted by Crippen LogP contribution is 2.26. The molecule has 3 atom stereocenters. The maximum absolute atomic E-state index is 2.47. The van der Waals surface area contributed by atoms with E-state index in [2.05, 4.69) is 22.0 Å². The second-order valence-electron chi connectivity index (χ2n) is 2.68. The van der Waals surface area contributed by atoms with Gasteiger partial charge in [-0.1, -0.05) is 8.58 Å². The molecule has 4 heteroatoms. The first-order valence-corrected chi connectivity index (χ1v) is 4.67. The molecule has 2 aliphatic rings. The van der Waals surface area contributed by atoms with Crippen LogP contribution in [0.2, 0.25) is 0 Å². The lowest BCUT2D eigenvalue weighted by molar-refractivity contribution is 0.0798. The van der Waals surface area contributed by atoms with E-state index in [-0.39, 0.29) is 0 Å². The zero-order valence-corrected chi connectivity index (χ0v) is 6.67. The smallest absolute Gasteiger partial charge is 0.0667 e. The van der Waals surface area contributed by atoms with Crippen molar-refractivity contribution in [1.82, 2.24) is 14.9 Å². The molecule has 52 valence electrons. The second kappa shape index (κ2) is 2.17. The number of hydrazine groups is 1. The van der Waals surface area contributed by atoms with Gasteiger partial charge in [0.25, 0.3) is 0 Å². The fraction of sp³-hybridized carbons (Fsp3) is 1.00. The van der Waals surface area contributed by atoms with Crippen LogP contribution in [-0.4, -0.2) is 47.9 Å². The summed E-state index contributed by atoms with van der Waals surface area (Å²) in [6, 6.07) is 0. The summed E-state index contributed by atoms with van der Waals surface area (Å²) >= 11 is 0. The molecule has 0 aromatic rings. The summed E-state index contributed by atoms with van der Waals surface area (Å²) in [5.41, 5.74) is 0. The van der Waals surface area contributed by atoms with E-state index >= 15 is 0 Å². The summed E-state index contributed by atoms with van der Waals surface area (Å²) in [5, 5.41) is 4.71. The first-order valence-electron chi connectivity index (χ1n) is 3.25. The summed E-state index contributed by atoms with van der Waals surface area (Å²) in [6.07, 6.45) is 2.60. The third kappa shape index (κ3) is 0.987. The number of fused-ring (bicyclic) bond motifs is 2. The van der Waals surface area contributed by atoms with Crippen molar-refractivity contribution in [2.45, 2.75) is 0 Å². The van der Waals surface area contributed by atoms with Crippen LogP contribution in [0.5, 0.6) is 0 Å². The summed E-state index contributed by atoms with van der Waals surface area (Å²) in [6.45, 7) is 2.32. The summed E-state index contributed by atoms with van der Waals surface area (Å²) < 4.78 is 0. The van der Waals surface area contributed by atoms with Gasteiger partial charge in [0, 0.05) is 19.6 Å². The predicted molar refractivity (Wildman–Crippen MR) is 39.2 cm³/mol. The molecule has 0 saturated carbocycles. The van der Waals surface area contributed by atoms with E-state index in [4.69, 9.17) is 0 Å². The molecule has 0 amide bonds. The second-order valence-corrected chi connectivity index (χ2v) is 3.82. The standard InChI is InChI=1S/C5H12N3P/c1-6-2-7-3-8(6)5-9-4-7/h9H,2-5H2,1H3. The van der Waals surface area contributed by atoms with Gasteiger partial charge in [-0.2, -0.15) is 0 Å². The quantitative estimate of drug-likeness (QED) is 0.443. The van der Waals surface area contributed by atoms with Crippen molar-refractivity contribution in [3.05, 3.63) is 0 Å². The van der Waals surface area contributed by atoms with Gasteiger partial charge in [0.1, 0.15) is 0 Å². The Labute approximate surface area is 57.4 Å². The van der Waals surface area contributed by atoms with Gasteiger partial charge in [0.05, 0.1) is 13.3 Å². The van der Waals surface area contributed by atoms with Crippen molar-refractivity contribution >= 4 is 8.58 Å². The minimum Gasteiger partial charge on any atom is -0.271 e. The molecule has 0 radical (unpaired) electrons. The van der Waals surface area contributed by atoms with Gasteiger partial charge in [-0.3, -0.25) is 4.90 Å². The van der Waals surface area contributed by atoms with Gasteiger partial charge in [0.2, 0.25) is 0 Å². The van der Waals surface area contributed by atoms with E-state index in [0.717, 1.165) is 15.2 Å². The van der Waals surface area contributed by atoms with Crippen LogP contribution in [0.3, 0.4) is 0 Å². The first kappa shape index (κ1) is 6.05. The van der Waals surface area contributed by atoms with E-state index in [1.807, 2.05) is 0 Å². The molecule has 0 aliphatic carbocycles. The molecule has 9 heavy (non-hydrogen) atoms. The van der Waals surface area contributed by atoms with E-state index < -0.39 is 0 Å². The average molecular weight is 145 g/mol. The van der Waals surface area contributed by atoms with Crippen molar-refractivity contribution in [2.75, 3.05) is 33.0 Å². The topological polar surface area (TPSA) is 9.72 Å². The molecule has 2 fully saturated rings. The molecular weight excluding hydrogens is 133 g/mol. The Bertz CT molecular complexity index is 117. The van der Waals surface area contributed by atoms with Crippen LogP contribution in [0.25, 0.3) is 0 Å². The largest absolute Gasteiger partial charge is 0.271 e. The Balaban J connectivity index is 2.07. The maximum Gasteiger partial charge on any atom is 0.0667 e. The summed E-state index contributed by atoms with van der Waals surface area (Å²) in [7, 11) is 3.28. The van der Waals surface area contributed by atoms with Crippen LogP contribution < -0.4 is 0 Å². The van der Waals surface area contributed by atoms with Gasteiger partial charge in [-0.05, 0) is 0 Å². The molecule has 0 aromatic heterocycles. The van der Waals surface area contributed by atoms with Crippen molar-refractivity contribution in [3.8, 4) is 0 Å². The van der Waals surface area contributed by atoms with Gasteiger partial charge >= 0.3 is 0 Å². The summed E-state index contributed by atoms with van der Waals surface area (Å²) in [5.74, 6) is 0. The summed E-state index contributed by atoms with van der Waals surface area (Å²) in [4.78, 5) is 2.47. The molecule has 2 rings (SSSR count). The Hall–Kier alpha value is 0.310. The van der Waals surface area contributed by atoms with Crippen molar-refractivity contribution < 1.29 is 0 Å². The number of nitrogens with zero attached hydrogens (tertiary/aromatic N) is 3. The van der Waals surface area contributed by atoms with Crippen LogP contribution in [0.15, 0.2) is 0 Å². The van der Waals surface area contributed by atoms with Crippen molar-refractivity contribution in [2.24, 2.45) is 0 Å². The number of hydrogen-bond acceptors (Lipinski definition) is 3. The van der Waals surface area contributed by atoms with Crippen LogP contribution in [0.4, 0.5) is 0 Å². The van der Waals surface area contributed by atoms with Crippen molar-refractivity contribution in [3.63, 3.8) is 0 Å². The molecule has 2 saturated heterocycles. The molecule has 2 heterocycles. The Morgan fingerprint density at radius 2 is 2.11 bits per heavy atom. The minimum atomic E-state index is 1.12. The fourth-order valence-electron chi connectivity index (χ4n) is 1.37. The predicted octanol–water partition coefficient (Wildman–Crippen LogP) is -0.0271. The molecule has 2 bridgehead atoms. The zero-order chi connectivity index (χ0) is 6.27. The normalized spacial score (nSPS) is 46.3. The van der Waals surface area contributed by atoms with E-state index in [1.54, 1.807) is 0 Å². The van der Waals surface area contributed by atoms with Gasteiger partial charge in [-0.25, -0.2) is 10.0 Å². The van der Waals surface area contributed by atoms with E-state index in [0.29, 0.717) is 0 Å². The highest BCUT2D eigenvalue weighted by atomic mass is 31.1. The van der Waals surface area contributed by atoms with Crippen LogP contribution in [0.1, 0.15) is 0 Å². The fourth-order valence-corrected chi connectivity index (χ4v) is 2.59. The number of rotatable bonds is 0. The van der Waals surface area contributed by atoms with E-state index in [9.17, 15) is 0 Å². The lowest BCUT2D eigenvalue weighted by Gasteiger charge is -2.24. The highest BCUT2D eigenvalue weighted by Gasteiger charge is 2.27. The van der Waals surface area contributed by atoms with Crippen molar-refractivity contribution in [1.29, 1.82) is 0 Å². The molecule has 0 N–H and O–H groups in total.